The molecule has 0 saturated heterocycles. The molecule has 0 spiro atoms. The maximum absolute atomic E-state index is 5.21. The van der Waals surface area contributed by atoms with Gasteiger partial charge in [0.1, 0.15) is 11.5 Å². The van der Waals surface area contributed by atoms with Gasteiger partial charge in [-0.2, -0.15) is 0 Å². The van der Waals surface area contributed by atoms with E-state index in [0.29, 0.717) is 23.3 Å². The van der Waals surface area contributed by atoms with E-state index in [1.807, 2.05) is 6.92 Å². The van der Waals surface area contributed by atoms with E-state index < -0.39 is 0 Å². The Kier molecular flexibility index (Phi) is 1.77. The minimum absolute atomic E-state index is 0.433. The molecule has 2 heterocycles. The summed E-state index contributed by atoms with van der Waals surface area (Å²) in [5.41, 5.74) is 0.660. The Bertz CT molecular complexity index is 424. The van der Waals surface area contributed by atoms with Crippen LogP contribution in [0.15, 0.2) is 16.7 Å². The van der Waals surface area contributed by atoms with Gasteiger partial charge in [-0.15, -0.1) is 10.2 Å². The highest BCUT2D eigenvalue weighted by Crippen LogP contribution is 2.13. The summed E-state index contributed by atoms with van der Waals surface area (Å²) in [6.45, 7) is 3.55. The van der Waals surface area contributed by atoms with E-state index in [0.717, 1.165) is 0 Å². The second kappa shape index (κ2) is 2.93. The Labute approximate surface area is 74.9 Å². The van der Waals surface area contributed by atoms with Crippen molar-refractivity contribution in [1.82, 2.24) is 20.2 Å². The van der Waals surface area contributed by atoms with Gasteiger partial charge < -0.3 is 4.42 Å². The number of aromatic nitrogens is 4. The van der Waals surface area contributed by atoms with Crippen LogP contribution in [0.25, 0.3) is 11.6 Å². The minimum atomic E-state index is 0.433. The second-order valence-corrected chi connectivity index (χ2v) is 2.62. The molecule has 2 aromatic heterocycles. The highest BCUT2D eigenvalue weighted by Gasteiger charge is 2.06. The van der Waals surface area contributed by atoms with E-state index >= 15 is 0 Å². The monoisotopic (exact) mass is 176 g/mol. The van der Waals surface area contributed by atoms with Gasteiger partial charge in [0.25, 0.3) is 5.89 Å². The van der Waals surface area contributed by atoms with E-state index in [1.54, 1.807) is 19.2 Å². The molecule has 0 atom stereocenters. The van der Waals surface area contributed by atoms with Crippen LogP contribution in [0.4, 0.5) is 0 Å². The first-order valence-electron chi connectivity index (χ1n) is 3.86. The van der Waals surface area contributed by atoms with Crippen molar-refractivity contribution in [2.24, 2.45) is 0 Å². The molecule has 0 bridgehead atoms. The van der Waals surface area contributed by atoms with E-state index in [-0.39, 0.29) is 0 Å². The summed E-state index contributed by atoms with van der Waals surface area (Å²) in [5, 5.41) is 7.57. The molecule has 2 rings (SSSR count). The maximum Gasteiger partial charge on any atom is 0.266 e. The first-order valence-corrected chi connectivity index (χ1v) is 3.86. The zero-order valence-electron chi connectivity index (χ0n) is 7.35. The summed E-state index contributed by atoms with van der Waals surface area (Å²) in [7, 11) is 0. The van der Waals surface area contributed by atoms with Gasteiger partial charge in [0.2, 0.25) is 5.89 Å². The van der Waals surface area contributed by atoms with Crippen LogP contribution >= 0.6 is 0 Å². The molecule has 0 N–H and O–H groups in total. The molecular formula is C8H8N4O. The normalized spacial score (nSPS) is 10.3. The molecular weight excluding hydrogens is 168 g/mol. The summed E-state index contributed by atoms with van der Waals surface area (Å²) in [6.07, 6.45) is 1.66. The average Bonchev–Trinajstić information content (AvgIpc) is 2.52. The van der Waals surface area contributed by atoms with Crippen LogP contribution in [0.1, 0.15) is 11.7 Å². The quantitative estimate of drug-likeness (QED) is 0.651. The molecule has 0 fully saturated rings. The van der Waals surface area contributed by atoms with E-state index in [9.17, 15) is 0 Å². The fraction of sp³-hybridized carbons (Fsp3) is 0.250. The summed E-state index contributed by atoms with van der Waals surface area (Å²) in [6, 6.07) is 1.74. The van der Waals surface area contributed by atoms with Crippen LogP contribution in [0, 0.1) is 13.8 Å². The number of aryl methyl sites for hydroxylation is 2. The SMILES string of the molecule is Cc1nccc(-c2nnc(C)o2)n1. The average molecular weight is 176 g/mol. The zero-order chi connectivity index (χ0) is 9.26. The van der Waals surface area contributed by atoms with Crippen molar-refractivity contribution in [3.05, 3.63) is 24.0 Å². The molecule has 0 unspecified atom stereocenters. The summed E-state index contributed by atoms with van der Waals surface area (Å²) in [5.74, 6) is 1.66. The smallest absolute Gasteiger partial charge is 0.266 e. The first kappa shape index (κ1) is 7.85. The molecule has 0 aliphatic carbocycles. The van der Waals surface area contributed by atoms with Gasteiger partial charge >= 0.3 is 0 Å². The summed E-state index contributed by atoms with van der Waals surface area (Å²) in [4.78, 5) is 8.12. The van der Waals surface area contributed by atoms with Crippen LogP contribution in [0.5, 0.6) is 0 Å². The molecule has 0 aliphatic rings. The van der Waals surface area contributed by atoms with Crippen molar-refractivity contribution in [3.8, 4) is 11.6 Å². The predicted octanol–water partition coefficient (Wildman–Crippen LogP) is 1.14. The highest BCUT2D eigenvalue weighted by molar-refractivity contribution is 5.44. The third-order valence-electron chi connectivity index (χ3n) is 1.52. The van der Waals surface area contributed by atoms with Crippen molar-refractivity contribution in [1.29, 1.82) is 0 Å². The van der Waals surface area contributed by atoms with Gasteiger partial charge in [-0.3, -0.25) is 0 Å². The number of hydrogen-bond acceptors (Lipinski definition) is 5. The Morgan fingerprint density at radius 1 is 1.23 bits per heavy atom. The maximum atomic E-state index is 5.21. The van der Waals surface area contributed by atoms with Crippen molar-refractivity contribution >= 4 is 0 Å². The van der Waals surface area contributed by atoms with E-state index in [2.05, 4.69) is 20.2 Å². The standard InChI is InChI=1S/C8H8N4O/c1-5-9-4-3-7(10-5)8-12-11-6(2)13-8/h3-4H,1-2H3. The van der Waals surface area contributed by atoms with Gasteiger partial charge in [-0.1, -0.05) is 0 Å². The van der Waals surface area contributed by atoms with Crippen LogP contribution in [0.3, 0.4) is 0 Å². The van der Waals surface area contributed by atoms with Crippen molar-refractivity contribution < 1.29 is 4.42 Å². The molecule has 66 valence electrons. The Morgan fingerprint density at radius 2 is 2.08 bits per heavy atom. The lowest BCUT2D eigenvalue weighted by molar-refractivity contribution is 0.530. The van der Waals surface area contributed by atoms with Crippen molar-refractivity contribution in [3.63, 3.8) is 0 Å². The predicted molar refractivity (Wildman–Crippen MR) is 44.8 cm³/mol. The van der Waals surface area contributed by atoms with Crippen LogP contribution in [-0.2, 0) is 0 Å². The molecule has 0 amide bonds. The number of hydrogen-bond donors (Lipinski definition) is 0. The molecule has 0 radical (unpaired) electrons. The van der Waals surface area contributed by atoms with Crippen molar-refractivity contribution in [2.75, 3.05) is 0 Å². The van der Waals surface area contributed by atoms with Gasteiger partial charge in [0.15, 0.2) is 0 Å². The lowest BCUT2D eigenvalue weighted by Gasteiger charge is -1.93. The number of nitrogens with zero attached hydrogens (tertiary/aromatic N) is 4. The Hall–Kier alpha value is -1.78. The minimum Gasteiger partial charge on any atom is -0.420 e. The van der Waals surface area contributed by atoms with E-state index in [4.69, 9.17) is 4.42 Å². The lowest BCUT2D eigenvalue weighted by Crippen LogP contribution is -1.89. The zero-order valence-corrected chi connectivity index (χ0v) is 7.35. The van der Waals surface area contributed by atoms with Gasteiger partial charge in [-0.25, -0.2) is 9.97 Å². The lowest BCUT2D eigenvalue weighted by atomic mass is 10.4. The van der Waals surface area contributed by atoms with Gasteiger partial charge in [0.05, 0.1) is 0 Å². The second-order valence-electron chi connectivity index (χ2n) is 2.62. The molecule has 5 nitrogen and oxygen atoms in total. The first-order chi connectivity index (χ1) is 6.25. The number of rotatable bonds is 1. The summed E-state index contributed by atoms with van der Waals surface area (Å²) >= 11 is 0. The highest BCUT2D eigenvalue weighted by atomic mass is 16.4. The molecule has 5 heteroatoms. The van der Waals surface area contributed by atoms with Crippen LogP contribution < -0.4 is 0 Å². The molecule has 0 saturated carbocycles. The summed E-state index contributed by atoms with van der Waals surface area (Å²) < 4.78 is 5.21. The third kappa shape index (κ3) is 1.53. The molecule has 0 aromatic carbocycles. The van der Waals surface area contributed by atoms with Crippen molar-refractivity contribution in [2.45, 2.75) is 13.8 Å². The third-order valence-corrected chi connectivity index (χ3v) is 1.52. The fourth-order valence-electron chi connectivity index (χ4n) is 0.975. The van der Waals surface area contributed by atoms with Crippen LogP contribution in [-0.4, -0.2) is 20.2 Å². The molecule has 2 aromatic rings. The topological polar surface area (TPSA) is 64.7 Å². The largest absolute Gasteiger partial charge is 0.420 e. The van der Waals surface area contributed by atoms with E-state index in [1.165, 1.54) is 0 Å². The van der Waals surface area contributed by atoms with Gasteiger partial charge in [-0.05, 0) is 13.0 Å². The Morgan fingerprint density at radius 3 is 2.69 bits per heavy atom. The molecule has 0 aliphatic heterocycles. The van der Waals surface area contributed by atoms with Crippen LogP contribution in [0.2, 0.25) is 0 Å². The molecule has 13 heavy (non-hydrogen) atoms. The Balaban J connectivity index is 2.46. The fourth-order valence-corrected chi connectivity index (χ4v) is 0.975. The van der Waals surface area contributed by atoms with Gasteiger partial charge in [0, 0.05) is 13.1 Å².